The lowest BCUT2D eigenvalue weighted by atomic mass is 9.98. The van der Waals surface area contributed by atoms with E-state index in [0.717, 1.165) is 22.2 Å². The molecule has 100 valence electrons. The van der Waals surface area contributed by atoms with Crippen molar-refractivity contribution >= 4 is 16.8 Å². The van der Waals surface area contributed by atoms with E-state index in [9.17, 15) is 4.79 Å². The second-order valence-electron chi connectivity index (χ2n) is 5.13. The number of hydrogen-bond acceptors (Lipinski definition) is 3. The highest BCUT2D eigenvalue weighted by Crippen LogP contribution is 2.26. The number of carbonyl (C=O) groups excluding carboxylic acids is 1. The topological polar surface area (TPSA) is 68.0 Å². The monoisotopic (exact) mass is 257 g/mol. The fourth-order valence-electron chi connectivity index (χ4n) is 2.11. The maximum Gasteiger partial charge on any atom is 0.265 e. The second kappa shape index (κ2) is 4.97. The molecule has 0 atom stereocenters. The summed E-state index contributed by atoms with van der Waals surface area (Å²) < 4.78 is 0. The first-order valence-corrected chi connectivity index (χ1v) is 6.37. The van der Waals surface area contributed by atoms with Crippen LogP contribution < -0.4 is 11.3 Å². The average molecular weight is 257 g/mol. The third-order valence-corrected chi connectivity index (χ3v) is 3.49. The molecular weight excluding hydrogens is 238 g/mol. The number of pyridine rings is 1. The number of nitrogens with two attached hydrogens (primary N) is 1. The molecule has 0 spiro atoms. The predicted octanol–water partition coefficient (Wildman–Crippen LogP) is 2.58. The molecule has 4 heteroatoms. The molecule has 0 bridgehead atoms. The molecule has 0 saturated heterocycles. The number of aromatic nitrogens is 1. The molecule has 1 aromatic heterocycles. The molecule has 0 unspecified atom stereocenters. The van der Waals surface area contributed by atoms with Crippen LogP contribution in [0.3, 0.4) is 0 Å². The van der Waals surface area contributed by atoms with Gasteiger partial charge in [0.2, 0.25) is 0 Å². The van der Waals surface area contributed by atoms with Crippen LogP contribution in [0.15, 0.2) is 18.2 Å². The van der Waals surface area contributed by atoms with Crippen molar-refractivity contribution < 1.29 is 4.79 Å². The van der Waals surface area contributed by atoms with E-state index in [0.29, 0.717) is 5.56 Å². The predicted molar refractivity (Wildman–Crippen MR) is 77.0 cm³/mol. The van der Waals surface area contributed by atoms with E-state index in [2.05, 4.69) is 19.3 Å². The van der Waals surface area contributed by atoms with Crippen LogP contribution in [-0.2, 0) is 0 Å². The third-order valence-electron chi connectivity index (χ3n) is 3.49. The van der Waals surface area contributed by atoms with Crippen LogP contribution in [0, 0.1) is 13.8 Å². The molecule has 2 rings (SSSR count). The maximum atomic E-state index is 11.9. The lowest BCUT2D eigenvalue weighted by Gasteiger charge is -2.13. The van der Waals surface area contributed by atoms with Gasteiger partial charge in [-0.1, -0.05) is 26.0 Å². The van der Waals surface area contributed by atoms with Crippen LogP contribution in [0.4, 0.5) is 0 Å². The zero-order valence-corrected chi connectivity index (χ0v) is 11.7. The average Bonchev–Trinajstić information content (AvgIpc) is 2.41. The van der Waals surface area contributed by atoms with E-state index < -0.39 is 0 Å². The van der Waals surface area contributed by atoms with Gasteiger partial charge in [0.05, 0.1) is 11.1 Å². The second-order valence-corrected chi connectivity index (χ2v) is 5.13. The van der Waals surface area contributed by atoms with Gasteiger partial charge in [-0.05, 0) is 37.0 Å². The number of carbonyl (C=O) groups is 1. The molecular formula is C15H19N3O. The van der Waals surface area contributed by atoms with E-state index in [-0.39, 0.29) is 11.8 Å². The number of aryl methyl sites for hydroxylation is 2. The van der Waals surface area contributed by atoms with Gasteiger partial charge in [0.25, 0.3) is 5.91 Å². The van der Waals surface area contributed by atoms with Crippen LogP contribution in [-0.4, -0.2) is 10.9 Å². The van der Waals surface area contributed by atoms with Crippen molar-refractivity contribution in [1.82, 2.24) is 10.4 Å². The van der Waals surface area contributed by atoms with Gasteiger partial charge in [0.1, 0.15) is 0 Å². The van der Waals surface area contributed by atoms with E-state index in [1.165, 1.54) is 5.56 Å². The molecule has 0 aliphatic rings. The summed E-state index contributed by atoms with van der Waals surface area (Å²) in [5.41, 5.74) is 6.84. The van der Waals surface area contributed by atoms with Crippen LogP contribution in [0.1, 0.15) is 46.9 Å². The Labute approximate surface area is 113 Å². The number of rotatable bonds is 2. The molecule has 1 aromatic carbocycles. The van der Waals surface area contributed by atoms with Crippen molar-refractivity contribution in [3.8, 4) is 0 Å². The lowest BCUT2D eigenvalue weighted by Crippen LogP contribution is -2.30. The molecule has 0 radical (unpaired) electrons. The molecule has 19 heavy (non-hydrogen) atoms. The van der Waals surface area contributed by atoms with Gasteiger partial charge < -0.3 is 0 Å². The summed E-state index contributed by atoms with van der Waals surface area (Å²) in [6.45, 7) is 8.19. The molecule has 1 heterocycles. The van der Waals surface area contributed by atoms with E-state index >= 15 is 0 Å². The van der Waals surface area contributed by atoms with Gasteiger partial charge >= 0.3 is 0 Å². The van der Waals surface area contributed by atoms with Gasteiger partial charge in [-0.15, -0.1) is 0 Å². The highest BCUT2D eigenvalue weighted by Gasteiger charge is 2.15. The lowest BCUT2D eigenvalue weighted by molar-refractivity contribution is 0.0955. The first-order chi connectivity index (χ1) is 8.95. The Bertz CT molecular complexity index is 647. The van der Waals surface area contributed by atoms with Gasteiger partial charge in [-0.2, -0.15) is 0 Å². The zero-order valence-electron chi connectivity index (χ0n) is 11.7. The Hall–Kier alpha value is -1.94. The van der Waals surface area contributed by atoms with Crippen molar-refractivity contribution in [2.45, 2.75) is 33.6 Å². The van der Waals surface area contributed by atoms with Crippen LogP contribution >= 0.6 is 0 Å². The Balaban J connectivity index is 2.86. The summed E-state index contributed by atoms with van der Waals surface area (Å²) in [5.74, 6) is 5.25. The van der Waals surface area contributed by atoms with E-state index in [1.54, 1.807) is 0 Å². The minimum absolute atomic E-state index is 0.258. The summed E-state index contributed by atoms with van der Waals surface area (Å²) in [5, 5.41) is 0.843. The Morgan fingerprint density at radius 3 is 2.58 bits per heavy atom. The van der Waals surface area contributed by atoms with Gasteiger partial charge in [-0.25, -0.2) is 5.84 Å². The largest absolute Gasteiger partial charge is 0.290 e. The number of amides is 1. The summed E-state index contributed by atoms with van der Waals surface area (Å²) >= 11 is 0. The van der Waals surface area contributed by atoms with Gasteiger partial charge in [0, 0.05) is 11.1 Å². The first kappa shape index (κ1) is 13.5. The Morgan fingerprint density at radius 2 is 2.00 bits per heavy atom. The smallest absolute Gasteiger partial charge is 0.265 e. The summed E-state index contributed by atoms with van der Waals surface area (Å²) in [4.78, 5) is 16.6. The number of hydrazine groups is 1. The number of nitrogens with zero attached hydrogens (tertiary/aromatic N) is 1. The number of benzene rings is 1. The quantitative estimate of drug-likeness (QED) is 0.493. The molecule has 0 saturated carbocycles. The number of nitrogens with one attached hydrogen (secondary N) is 1. The van der Waals surface area contributed by atoms with E-state index in [4.69, 9.17) is 10.8 Å². The van der Waals surface area contributed by atoms with Crippen LogP contribution in [0.5, 0.6) is 0 Å². The molecule has 4 nitrogen and oxygen atoms in total. The number of hydrogen-bond donors (Lipinski definition) is 2. The van der Waals surface area contributed by atoms with Crippen molar-refractivity contribution in [1.29, 1.82) is 0 Å². The first-order valence-electron chi connectivity index (χ1n) is 6.37. The standard InChI is InChI=1S/C15H19N3O/c1-8(2)13-7-12(15(19)18-16)11-6-5-9(3)10(4)14(11)17-13/h5-8H,16H2,1-4H3,(H,18,19). The van der Waals surface area contributed by atoms with Crippen LogP contribution in [0.2, 0.25) is 0 Å². The summed E-state index contributed by atoms with van der Waals surface area (Å²) in [7, 11) is 0. The minimum atomic E-state index is -0.280. The minimum Gasteiger partial charge on any atom is -0.290 e. The molecule has 3 N–H and O–H groups in total. The van der Waals surface area contributed by atoms with Crippen molar-refractivity contribution in [3.63, 3.8) is 0 Å². The molecule has 2 aromatic rings. The maximum absolute atomic E-state index is 11.9. The van der Waals surface area contributed by atoms with Crippen molar-refractivity contribution in [2.24, 2.45) is 5.84 Å². The highest BCUT2D eigenvalue weighted by molar-refractivity contribution is 6.06. The molecule has 0 aliphatic carbocycles. The Kier molecular flexibility index (Phi) is 3.53. The van der Waals surface area contributed by atoms with Gasteiger partial charge in [-0.3, -0.25) is 15.2 Å². The number of nitrogen functional groups attached to an aromatic ring is 1. The van der Waals surface area contributed by atoms with Crippen LogP contribution in [0.25, 0.3) is 10.9 Å². The fourth-order valence-corrected chi connectivity index (χ4v) is 2.11. The highest BCUT2D eigenvalue weighted by atomic mass is 16.2. The fraction of sp³-hybridized carbons (Fsp3) is 0.333. The third kappa shape index (κ3) is 2.31. The SMILES string of the molecule is Cc1ccc2c(C(=O)NN)cc(C(C)C)nc2c1C. The molecule has 0 fully saturated rings. The van der Waals surface area contributed by atoms with Gasteiger partial charge in [0.15, 0.2) is 0 Å². The summed E-state index contributed by atoms with van der Waals surface area (Å²) in [6, 6.07) is 5.75. The Morgan fingerprint density at radius 1 is 1.32 bits per heavy atom. The van der Waals surface area contributed by atoms with Crippen molar-refractivity contribution in [3.05, 3.63) is 40.6 Å². The number of fused-ring (bicyclic) bond motifs is 1. The normalized spacial score (nSPS) is 11.1. The molecule has 1 amide bonds. The molecule has 0 aliphatic heterocycles. The zero-order chi connectivity index (χ0) is 14.2. The van der Waals surface area contributed by atoms with E-state index in [1.807, 2.05) is 32.0 Å². The van der Waals surface area contributed by atoms with Crippen molar-refractivity contribution in [2.75, 3.05) is 0 Å². The summed E-state index contributed by atoms with van der Waals surface area (Å²) in [6.07, 6.45) is 0.